The van der Waals surface area contributed by atoms with E-state index in [9.17, 15) is 4.79 Å². The minimum atomic E-state index is -0.249. The first-order valence-electron chi connectivity index (χ1n) is 9.99. The van der Waals surface area contributed by atoms with Gasteiger partial charge < -0.3 is 10.2 Å². The van der Waals surface area contributed by atoms with Crippen LogP contribution >= 0.6 is 0 Å². The molecule has 3 aromatic rings. The Morgan fingerprint density at radius 3 is 2.62 bits per heavy atom. The molecule has 0 saturated carbocycles. The van der Waals surface area contributed by atoms with E-state index in [0.29, 0.717) is 0 Å². The molecule has 1 saturated heterocycles. The van der Waals surface area contributed by atoms with Gasteiger partial charge in [-0.3, -0.25) is 14.8 Å². The molecule has 1 fully saturated rings. The highest BCUT2D eigenvalue weighted by Crippen LogP contribution is 2.25. The van der Waals surface area contributed by atoms with Crippen molar-refractivity contribution < 1.29 is 4.79 Å². The fraction of sp³-hybridized carbons (Fsp3) is 0.304. The number of aryl methyl sites for hydroxylation is 1. The van der Waals surface area contributed by atoms with Gasteiger partial charge in [-0.25, -0.2) is 4.98 Å². The first-order chi connectivity index (χ1) is 14.2. The molecule has 2 aromatic heterocycles. The van der Waals surface area contributed by atoms with E-state index in [2.05, 4.69) is 44.2 Å². The van der Waals surface area contributed by atoms with Gasteiger partial charge in [0.2, 0.25) is 5.91 Å². The van der Waals surface area contributed by atoms with E-state index >= 15 is 0 Å². The van der Waals surface area contributed by atoms with Gasteiger partial charge >= 0.3 is 0 Å². The van der Waals surface area contributed by atoms with Gasteiger partial charge in [0.05, 0.1) is 17.9 Å². The Morgan fingerprint density at radius 1 is 1.07 bits per heavy atom. The van der Waals surface area contributed by atoms with Crippen molar-refractivity contribution in [2.45, 2.75) is 25.8 Å². The highest BCUT2D eigenvalue weighted by Gasteiger charge is 2.28. The smallest absolute Gasteiger partial charge is 0.224 e. The predicted octanol–water partition coefficient (Wildman–Crippen LogP) is 3.30. The molecule has 0 bridgehead atoms. The summed E-state index contributed by atoms with van der Waals surface area (Å²) in [5.41, 5.74) is 3.06. The Labute approximate surface area is 171 Å². The predicted molar refractivity (Wildman–Crippen MR) is 112 cm³/mol. The van der Waals surface area contributed by atoms with Crippen molar-refractivity contribution in [3.05, 3.63) is 84.1 Å². The summed E-state index contributed by atoms with van der Waals surface area (Å²) in [6.07, 6.45) is 8.51. The number of anilines is 1. The van der Waals surface area contributed by atoms with Crippen molar-refractivity contribution in [1.82, 2.24) is 20.3 Å². The minimum Gasteiger partial charge on any atom is -0.355 e. The van der Waals surface area contributed by atoms with E-state index in [4.69, 9.17) is 0 Å². The Kier molecular flexibility index (Phi) is 5.79. The molecular formula is C23H25N5O. The third-order valence-electron chi connectivity index (χ3n) is 5.38. The van der Waals surface area contributed by atoms with E-state index in [0.717, 1.165) is 48.6 Å². The number of carbonyl (C=O) groups is 1. The molecule has 4 rings (SSSR count). The first kappa shape index (κ1) is 19.1. The van der Waals surface area contributed by atoms with Crippen molar-refractivity contribution in [1.29, 1.82) is 0 Å². The number of amides is 1. The molecule has 0 spiro atoms. The van der Waals surface area contributed by atoms with Gasteiger partial charge in [0.1, 0.15) is 5.82 Å². The van der Waals surface area contributed by atoms with Crippen LogP contribution < -0.4 is 10.2 Å². The second-order valence-electron chi connectivity index (χ2n) is 7.44. The lowest BCUT2D eigenvalue weighted by Crippen LogP contribution is -2.42. The van der Waals surface area contributed by atoms with Gasteiger partial charge in [0.25, 0.3) is 0 Å². The number of piperidine rings is 1. The summed E-state index contributed by atoms with van der Waals surface area (Å²) >= 11 is 0. The molecule has 6 heteroatoms. The number of hydrogen-bond donors (Lipinski definition) is 1. The number of aromatic nitrogens is 3. The van der Waals surface area contributed by atoms with E-state index in [1.165, 1.54) is 0 Å². The molecule has 29 heavy (non-hydrogen) atoms. The van der Waals surface area contributed by atoms with Gasteiger partial charge in [-0.15, -0.1) is 0 Å². The Hall–Kier alpha value is -3.28. The van der Waals surface area contributed by atoms with Gasteiger partial charge in [0, 0.05) is 37.6 Å². The first-order valence-corrected chi connectivity index (χ1v) is 9.99. The minimum absolute atomic E-state index is 0.0149. The topological polar surface area (TPSA) is 71.0 Å². The number of hydrogen-bond acceptors (Lipinski definition) is 5. The molecular weight excluding hydrogens is 362 g/mol. The standard InChI is InChI=1S/C23H25N5O/c1-17-5-4-6-19(15-17)22(20-7-2-3-10-25-20)27-23(29)18-8-13-28(14-9-18)21-16-24-11-12-26-21/h2-7,10-12,15-16,18,22H,8-9,13-14H2,1H3,(H,27,29). The average Bonchev–Trinajstić information content (AvgIpc) is 2.78. The third-order valence-corrected chi connectivity index (χ3v) is 5.38. The van der Waals surface area contributed by atoms with Crippen LogP contribution in [0.4, 0.5) is 5.82 Å². The number of nitrogens with zero attached hydrogens (tertiary/aromatic N) is 4. The highest BCUT2D eigenvalue weighted by molar-refractivity contribution is 5.80. The molecule has 1 unspecified atom stereocenters. The molecule has 1 aliphatic heterocycles. The van der Waals surface area contributed by atoms with Crippen molar-refractivity contribution in [2.24, 2.45) is 5.92 Å². The van der Waals surface area contributed by atoms with Crippen molar-refractivity contribution in [2.75, 3.05) is 18.0 Å². The molecule has 1 amide bonds. The van der Waals surface area contributed by atoms with Crippen LogP contribution in [0.5, 0.6) is 0 Å². The van der Waals surface area contributed by atoms with Gasteiger partial charge in [0.15, 0.2) is 0 Å². The quantitative estimate of drug-likeness (QED) is 0.727. The SMILES string of the molecule is Cc1cccc(C(NC(=O)C2CCN(c3cnccn3)CC2)c2ccccn2)c1. The number of benzene rings is 1. The molecule has 0 radical (unpaired) electrons. The van der Waals surface area contributed by atoms with Crippen LogP contribution in [-0.4, -0.2) is 33.9 Å². The van der Waals surface area contributed by atoms with Crippen LogP contribution in [-0.2, 0) is 4.79 Å². The zero-order valence-corrected chi connectivity index (χ0v) is 16.5. The summed E-state index contributed by atoms with van der Waals surface area (Å²) in [5.74, 6) is 0.942. The number of carbonyl (C=O) groups excluding carboxylic acids is 1. The van der Waals surface area contributed by atoms with Crippen LogP contribution in [0.15, 0.2) is 67.3 Å². The number of rotatable bonds is 5. The summed E-state index contributed by atoms with van der Waals surface area (Å²) in [4.78, 5) is 28.3. The number of pyridine rings is 1. The van der Waals surface area contributed by atoms with Gasteiger partial charge in [-0.05, 0) is 37.5 Å². The monoisotopic (exact) mass is 387 g/mol. The molecule has 0 aliphatic carbocycles. The molecule has 148 valence electrons. The fourth-order valence-corrected chi connectivity index (χ4v) is 3.81. The lowest BCUT2D eigenvalue weighted by Gasteiger charge is -2.32. The van der Waals surface area contributed by atoms with E-state index in [-0.39, 0.29) is 17.9 Å². The maximum Gasteiger partial charge on any atom is 0.224 e. The van der Waals surface area contributed by atoms with Crippen molar-refractivity contribution in [3.8, 4) is 0 Å². The summed E-state index contributed by atoms with van der Waals surface area (Å²) in [6.45, 7) is 3.66. The highest BCUT2D eigenvalue weighted by atomic mass is 16.2. The van der Waals surface area contributed by atoms with Gasteiger partial charge in [-0.2, -0.15) is 0 Å². The van der Waals surface area contributed by atoms with E-state index in [1.54, 1.807) is 24.8 Å². The Bertz CT molecular complexity index is 940. The molecule has 1 N–H and O–H groups in total. The molecule has 3 heterocycles. The average molecular weight is 387 g/mol. The summed E-state index contributed by atoms with van der Waals surface area (Å²) in [5, 5.41) is 3.25. The summed E-state index contributed by atoms with van der Waals surface area (Å²) in [7, 11) is 0. The molecule has 1 atom stereocenters. The van der Waals surface area contributed by atoms with Gasteiger partial charge in [-0.1, -0.05) is 35.9 Å². The second-order valence-corrected chi connectivity index (χ2v) is 7.44. The Balaban J connectivity index is 1.46. The maximum atomic E-state index is 13.1. The van der Waals surface area contributed by atoms with Crippen LogP contribution in [0.25, 0.3) is 0 Å². The normalized spacial score (nSPS) is 15.7. The third kappa shape index (κ3) is 4.59. The maximum absolute atomic E-state index is 13.1. The summed E-state index contributed by atoms with van der Waals surface area (Å²) in [6, 6.07) is 13.8. The molecule has 1 aliphatic rings. The van der Waals surface area contributed by atoms with Crippen LogP contribution in [0.3, 0.4) is 0 Å². The fourth-order valence-electron chi connectivity index (χ4n) is 3.81. The molecule has 1 aromatic carbocycles. The lowest BCUT2D eigenvalue weighted by atomic mass is 9.94. The van der Waals surface area contributed by atoms with Crippen molar-refractivity contribution in [3.63, 3.8) is 0 Å². The van der Waals surface area contributed by atoms with E-state index < -0.39 is 0 Å². The van der Waals surface area contributed by atoms with Crippen LogP contribution in [0, 0.1) is 12.8 Å². The van der Waals surface area contributed by atoms with Crippen LogP contribution in [0.1, 0.15) is 35.7 Å². The van der Waals surface area contributed by atoms with Crippen molar-refractivity contribution >= 4 is 11.7 Å². The Morgan fingerprint density at radius 2 is 1.93 bits per heavy atom. The zero-order chi connectivity index (χ0) is 20.1. The van der Waals surface area contributed by atoms with Crippen LogP contribution in [0.2, 0.25) is 0 Å². The summed E-state index contributed by atoms with van der Waals surface area (Å²) < 4.78 is 0. The zero-order valence-electron chi connectivity index (χ0n) is 16.5. The number of nitrogens with one attached hydrogen (secondary N) is 1. The largest absolute Gasteiger partial charge is 0.355 e. The second kappa shape index (κ2) is 8.82. The van der Waals surface area contributed by atoms with E-state index in [1.807, 2.05) is 30.3 Å². The molecule has 6 nitrogen and oxygen atoms in total. The lowest BCUT2D eigenvalue weighted by molar-refractivity contribution is -0.126.